The third kappa shape index (κ3) is 7.30. The van der Waals surface area contributed by atoms with E-state index in [1.54, 1.807) is 27.7 Å². The maximum Gasteiger partial charge on any atom is 0.408 e. The van der Waals surface area contributed by atoms with Crippen molar-refractivity contribution in [1.29, 1.82) is 0 Å². The van der Waals surface area contributed by atoms with E-state index in [4.69, 9.17) is 13.9 Å². The van der Waals surface area contributed by atoms with Crippen LogP contribution in [0.2, 0.25) is 0 Å². The fraction of sp³-hybridized carbons (Fsp3) is 0.474. The first-order valence-corrected chi connectivity index (χ1v) is 9.67. The maximum atomic E-state index is 12.3. The SMILES string of the molecule is CCOC(=O)Cc1nnc([C@H](Cc2ccc(Br)cc2)NC(=O)OC(C)(C)C)o1. The molecule has 0 radical (unpaired) electrons. The first-order chi connectivity index (χ1) is 13.2. The quantitative estimate of drug-likeness (QED) is 0.636. The van der Waals surface area contributed by atoms with E-state index >= 15 is 0 Å². The third-order valence-corrected chi connectivity index (χ3v) is 3.95. The second kappa shape index (κ2) is 9.68. The van der Waals surface area contributed by atoms with E-state index < -0.39 is 23.7 Å². The molecule has 0 aliphatic carbocycles. The Balaban J connectivity index is 2.17. The van der Waals surface area contributed by atoms with Crippen molar-refractivity contribution in [3.63, 3.8) is 0 Å². The van der Waals surface area contributed by atoms with Gasteiger partial charge in [-0.3, -0.25) is 4.79 Å². The van der Waals surface area contributed by atoms with E-state index in [1.165, 1.54) is 0 Å². The molecule has 0 aliphatic heterocycles. The number of carbonyl (C=O) groups excluding carboxylic acids is 2. The van der Waals surface area contributed by atoms with Crippen LogP contribution in [0.3, 0.4) is 0 Å². The molecule has 2 rings (SSSR count). The van der Waals surface area contributed by atoms with Crippen LogP contribution < -0.4 is 5.32 Å². The summed E-state index contributed by atoms with van der Waals surface area (Å²) in [7, 11) is 0. The molecular weight excluding hydrogens is 430 g/mol. The normalized spacial score (nSPS) is 12.3. The average molecular weight is 454 g/mol. The van der Waals surface area contributed by atoms with Crippen LogP contribution >= 0.6 is 15.9 Å². The topological polar surface area (TPSA) is 104 Å². The molecule has 28 heavy (non-hydrogen) atoms. The van der Waals surface area contributed by atoms with Crippen LogP contribution in [-0.4, -0.2) is 34.5 Å². The van der Waals surface area contributed by atoms with Gasteiger partial charge in [0.2, 0.25) is 11.8 Å². The molecular formula is C19H24BrN3O5. The number of carbonyl (C=O) groups is 2. The second-order valence-corrected chi connectivity index (χ2v) is 7.96. The zero-order valence-electron chi connectivity index (χ0n) is 16.3. The van der Waals surface area contributed by atoms with Crippen molar-refractivity contribution in [2.45, 2.75) is 52.2 Å². The molecule has 9 heteroatoms. The molecule has 0 aliphatic rings. The molecule has 1 amide bonds. The van der Waals surface area contributed by atoms with Gasteiger partial charge in [0.15, 0.2) is 0 Å². The van der Waals surface area contributed by atoms with Crippen LogP contribution in [0, 0.1) is 0 Å². The Labute approximate surface area is 172 Å². The third-order valence-electron chi connectivity index (χ3n) is 3.43. The number of aromatic nitrogens is 2. The molecule has 2 aromatic rings. The molecule has 0 saturated carbocycles. The van der Waals surface area contributed by atoms with Gasteiger partial charge < -0.3 is 19.2 Å². The second-order valence-electron chi connectivity index (χ2n) is 7.05. The van der Waals surface area contributed by atoms with Crippen LogP contribution in [0.25, 0.3) is 0 Å². The van der Waals surface area contributed by atoms with E-state index in [9.17, 15) is 9.59 Å². The van der Waals surface area contributed by atoms with Crippen molar-refractivity contribution in [2.24, 2.45) is 0 Å². The van der Waals surface area contributed by atoms with Gasteiger partial charge in [-0.25, -0.2) is 4.79 Å². The standard InChI is InChI=1S/C19H24BrN3O5/c1-5-26-16(24)11-15-22-23-17(27-15)14(21-18(25)28-19(2,3)4)10-12-6-8-13(20)9-7-12/h6-9,14H,5,10-11H2,1-4H3,(H,21,25)/t14-/m0/s1. The van der Waals surface area contributed by atoms with E-state index in [1.807, 2.05) is 24.3 Å². The van der Waals surface area contributed by atoms with Crippen LogP contribution in [0.5, 0.6) is 0 Å². The van der Waals surface area contributed by atoms with Gasteiger partial charge in [-0.1, -0.05) is 28.1 Å². The summed E-state index contributed by atoms with van der Waals surface area (Å²) >= 11 is 3.39. The Morgan fingerprint density at radius 3 is 2.50 bits per heavy atom. The highest BCUT2D eigenvalue weighted by Crippen LogP contribution is 2.20. The van der Waals surface area contributed by atoms with Crippen molar-refractivity contribution >= 4 is 28.0 Å². The predicted octanol–water partition coefficient (Wildman–Crippen LogP) is 3.75. The number of halogens is 1. The minimum Gasteiger partial charge on any atom is -0.466 e. The number of alkyl carbamates (subject to hydrolysis) is 1. The summed E-state index contributed by atoms with van der Waals surface area (Å²) in [5.41, 5.74) is 0.310. The summed E-state index contributed by atoms with van der Waals surface area (Å²) < 4.78 is 16.7. The maximum absolute atomic E-state index is 12.3. The first kappa shape index (κ1) is 21.9. The summed E-state index contributed by atoms with van der Waals surface area (Å²) in [6, 6.07) is 7.03. The molecule has 0 bridgehead atoms. The summed E-state index contributed by atoms with van der Waals surface area (Å²) in [5, 5.41) is 10.6. The number of ether oxygens (including phenoxy) is 2. The lowest BCUT2D eigenvalue weighted by Gasteiger charge is -2.22. The molecule has 0 spiro atoms. The number of nitrogens with one attached hydrogen (secondary N) is 1. The minimum atomic E-state index is -0.643. The molecule has 1 heterocycles. The number of rotatable bonds is 7. The zero-order chi connectivity index (χ0) is 20.7. The van der Waals surface area contributed by atoms with Gasteiger partial charge in [-0.2, -0.15) is 0 Å². The number of nitrogens with zero attached hydrogens (tertiary/aromatic N) is 2. The van der Waals surface area contributed by atoms with Crippen LogP contribution in [0.4, 0.5) is 4.79 Å². The fourth-order valence-electron chi connectivity index (χ4n) is 2.32. The lowest BCUT2D eigenvalue weighted by atomic mass is 10.1. The molecule has 1 N–H and O–H groups in total. The first-order valence-electron chi connectivity index (χ1n) is 8.88. The zero-order valence-corrected chi connectivity index (χ0v) is 17.9. The smallest absolute Gasteiger partial charge is 0.408 e. The molecule has 1 aromatic carbocycles. The van der Waals surface area contributed by atoms with Crippen molar-refractivity contribution in [2.75, 3.05) is 6.61 Å². The monoisotopic (exact) mass is 453 g/mol. The number of benzene rings is 1. The molecule has 0 saturated heterocycles. The van der Waals surface area contributed by atoms with Crippen LogP contribution in [-0.2, 0) is 27.1 Å². The summed E-state index contributed by atoms with van der Waals surface area (Å²) in [6.45, 7) is 7.32. The predicted molar refractivity (Wildman–Crippen MR) is 105 cm³/mol. The number of esters is 1. The highest BCUT2D eigenvalue weighted by atomic mass is 79.9. The molecule has 8 nitrogen and oxygen atoms in total. The van der Waals surface area contributed by atoms with Crippen LogP contribution in [0.1, 0.15) is 51.1 Å². The Bertz CT molecular complexity index is 799. The summed E-state index contributed by atoms with van der Waals surface area (Å²) in [5.74, 6) is -0.143. The lowest BCUT2D eigenvalue weighted by Crippen LogP contribution is -2.36. The van der Waals surface area contributed by atoms with E-state index in [-0.39, 0.29) is 24.8 Å². The van der Waals surface area contributed by atoms with Gasteiger partial charge in [0, 0.05) is 10.9 Å². The number of hydrogen-bond donors (Lipinski definition) is 1. The highest BCUT2D eigenvalue weighted by molar-refractivity contribution is 9.10. The summed E-state index contributed by atoms with van der Waals surface area (Å²) in [4.78, 5) is 23.9. The van der Waals surface area contributed by atoms with Gasteiger partial charge in [0.25, 0.3) is 0 Å². The van der Waals surface area contributed by atoms with Gasteiger partial charge in [0.1, 0.15) is 18.1 Å². The molecule has 0 fully saturated rings. The Hall–Kier alpha value is -2.42. The molecule has 152 valence electrons. The average Bonchev–Trinajstić information content (AvgIpc) is 3.03. The van der Waals surface area contributed by atoms with Gasteiger partial charge >= 0.3 is 12.1 Å². The van der Waals surface area contributed by atoms with Crippen molar-refractivity contribution in [3.8, 4) is 0 Å². The van der Waals surface area contributed by atoms with Crippen LogP contribution in [0.15, 0.2) is 33.2 Å². The van der Waals surface area contributed by atoms with E-state index in [2.05, 4.69) is 31.4 Å². The van der Waals surface area contributed by atoms with Gasteiger partial charge in [-0.05, 0) is 45.4 Å². The molecule has 1 atom stereocenters. The van der Waals surface area contributed by atoms with E-state index in [0.717, 1.165) is 10.0 Å². The summed E-state index contributed by atoms with van der Waals surface area (Å²) in [6.07, 6.45) is -0.314. The number of amides is 1. The largest absolute Gasteiger partial charge is 0.466 e. The van der Waals surface area contributed by atoms with Crippen molar-refractivity contribution in [1.82, 2.24) is 15.5 Å². The fourth-order valence-corrected chi connectivity index (χ4v) is 2.58. The van der Waals surface area contributed by atoms with Gasteiger partial charge in [0.05, 0.1) is 6.61 Å². The van der Waals surface area contributed by atoms with Gasteiger partial charge in [-0.15, -0.1) is 10.2 Å². The minimum absolute atomic E-state index is 0.125. The molecule has 0 unspecified atom stereocenters. The Morgan fingerprint density at radius 2 is 1.89 bits per heavy atom. The molecule has 1 aromatic heterocycles. The van der Waals surface area contributed by atoms with Crippen molar-refractivity contribution < 1.29 is 23.5 Å². The Morgan fingerprint density at radius 1 is 1.21 bits per heavy atom. The van der Waals surface area contributed by atoms with Crippen molar-refractivity contribution in [3.05, 3.63) is 46.1 Å². The highest BCUT2D eigenvalue weighted by Gasteiger charge is 2.25. The number of hydrogen-bond acceptors (Lipinski definition) is 7. The van der Waals surface area contributed by atoms with E-state index in [0.29, 0.717) is 6.42 Å². The lowest BCUT2D eigenvalue weighted by molar-refractivity contribution is -0.142. The Kier molecular flexibility index (Phi) is 7.56.